The minimum atomic E-state index is -0.599. The summed E-state index contributed by atoms with van der Waals surface area (Å²) >= 11 is 0. The van der Waals surface area contributed by atoms with E-state index in [1.807, 2.05) is 13.8 Å². The van der Waals surface area contributed by atoms with Crippen molar-refractivity contribution in [2.24, 2.45) is 5.92 Å². The van der Waals surface area contributed by atoms with Crippen LogP contribution in [0.25, 0.3) is 0 Å². The Morgan fingerprint density at radius 3 is 2.72 bits per heavy atom. The average molecular weight is 349 g/mol. The van der Waals surface area contributed by atoms with E-state index in [-0.39, 0.29) is 11.7 Å². The maximum absolute atomic E-state index is 13.9. The molecular weight excluding hydrogens is 321 g/mol. The first kappa shape index (κ1) is 19.1. The lowest BCUT2D eigenvalue weighted by Gasteiger charge is -2.19. The van der Waals surface area contributed by atoms with Gasteiger partial charge in [-0.2, -0.15) is 5.10 Å². The lowest BCUT2D eigenvalue weighted by Crippen LogP contribution is -2.31. The van der Waals surface area contributed by atoms with Gasteiger partial charge >= 0.3 is 0 Å². The highest BCUT2D eigenvalue weighted by molar-refractivity contribution is 5.93. The number of aromatic nitrogens is 4. The molecule has 2 rings (SSSR count). The van der Waals surface area contributed by atoms with E-state index in [0.29, 0.717) is 12.5 Å². The lowest BCUT2D eigenvalue weighted by molar-refractivity contribution is 0.0917. The van der Waals surface area contributed by atoms with E-state index in [9.17, 15) is 9.18 Å². The van der Waals surface area contributed by atoms with Crippen molar-refractivity contribution in [2.75, 3.05) is 0 Å². The van der Waals surface area contributed by atoms with Gasteiger partial charge in [0.1, 0.15) is 5.82 Å². The first-order chi connectivity index (χ1) is 12.0. The second-order valence-electron chi connectivity index (χ2n) is 6.55. The van der Waals surface area contributed by atoms with Gasteiger partial charge in [0.05, 0.1) is 24.1 Å². The van der Waals surface area contributed by atoms with Crippen LogP contribution in [-0.2, 0) is 6.54 Å². The molecule has 0 aromatic carbocycles. The molecule has 2 heterocycles. The molecule has 2 aromatic heterocycles. The molecule has 0 aliphatic rings. The molecule has 2 aromatic rings. The van der Waals surface area contributed by atoms with Gasteiger partial charge in [0.2, 0.25) is 0 Å². The molecular formula is C18H28FN5O. The highest BCUT2D eigenvalue weighted by Crippen LogP contribution is 2.21. The largest absolute Gasteiger partial charge is 0.344 e. The minimum absolute atomic E-state index is 0.0225. The van der Waals surface area contributed by atoms with Gasteiger partial charge in [0.25, 0.3) is 5.91 Å². The molecule has 0 aliphatic heterocycles. The topological polar surface area (TPSA) is 75.6 Å². The number of hydrogen-bond acceptors (Lipinski definition) is 3. The number of rotatable bonds is 9. The SMILES string of the molecule is CCC(C)CCCC(NC(=O)c1c(F)cnn1CC)c1cnc(C)[nH]1. The van der Waals surface area contributed by atoms with Crippen molar-refractivity contribution in [1.29, 1.82) is 0 Å². The van der Waals surface area contributed by atoms with Crippen molar-refractivity contribution >= 4 is 5.91 Å². The fourth-order valence-electron chi connectivity index (χ4n) is 2.85. The summed E-state index contributed by atoms with van der Waals surface area (Å²) < 4.78 is 15.3. The van der Waals surface area contributed by atoms with Crippen LogP contribution in [0.1, 0.15) is 74.5 Å². The van der Waals surface area contributed by atoms with E-state index in [2.05, 4.69) is 34.2 Å². The number of aryl methyl sites for hydroxylation is 2. The Bertz CT molecular complexity index is 693. The third kappa shape index (κ3) is 4.90. The quantitative estimate of drug-likeness (QED) is 0.724. The van der Waals surface area contributed by atoms with Crippen LogP contribution in [0, 0.1) is 18.7 Å². The number of aromatic amines is 1. The van der Waals surface area contributed by atoms with Gasteiger partial charge in [0.15, 0.2) is 11.5 Å². The summed E-state index contributed by atoms with van der Waals surface area (Å²) in [6, 6.07) is -0.225. The normalized spacial score (nSPS) is 13.6. The van der Waals surface area contributed by atoms with E-state index in [0.717, 1.165) is 43.4 Å². The summed E-state index contributed by atoms with van der Waals surface area (Å²) in [5.74, 6) is 0.399. The predicted molar refractivity (Wildman–Crippen MR) is 94.7 cm³/mol. The van der Waals surface area contributed by atoms with Crippen molar-refractivity contribution < 1.29 is 9.18 Å². The summed E-state index contributed by atoms with van der Waals surface area (Å²) in [5, 5.41) is 6.84. The smallest absolute Gasteiger partial charge is 0.273 e. The monoisotopic (exact) mass is 349 g/mol. The number of halogens is 1. The number of imidazole rings is 1. The number of carbonyl (C=O) groups excluding carboxylic acids is 1. The van der Waals surface area contributed by atoms with Crippen LogP contribution in [0.2, 0.25) is 0 Å². The summed E-state index contributed by atoms with van der Waals surface area (Å²) in [6.07, 6.45) is 6.80. The Labute approximate surface area is 148 Å². The molecule has 0 spiro atoms. The Morgan fingerprint density at radius 2 is 2.12 bits per heavy atom. The van der Waals surface area contributed by atoms with Crippen LogP contribution in [0.4, 0.5) is 4.39 Å². The third-order valence-corrected chi connectivity index (χ3v) is 4.60. The van der Waals surface area contributed by atoms with Gasteiger partial charge in [-0.15, -0.1) is 0 Å². The Balaban J connectivity index is 2.12. The summed E-state index contributed by atoms with van der Waals surface area (Å²) in [6.45, 7) is 8.53. The van der Waals surface area contributed by atoms with Crippen LogP contribution < -0.4 is 5.32 Å². The van der Waals surface area contributed by atoms with Crippen molar-refractivity contribution in [3.8, 4) is 0 Å². The molecule has 0 radical (unpaired) electrons. The molecule has 0 saturated carbocycles. The molecule has 2 N–H and O–H groups in total. The van der Waals surface area contributed by atoms with E-state index < -0.39 is 11.7 Å². The molecule has 0 bridgehead atoms. The fourth-order valence-corrected chi connectivity index (χ4v) is 2.85. The van der Waals surface area contributed by atoms with Crippen molar-refractivity contribution in [1.82, 2.24) is 25.1 Å². The van der Waals surface area contributed by atoms with Crippen LogP contribution in [0.3, 0.4) is 0 Å². The maximum Gasteiger partial charge on any atom is 0.273 e. The van der Waals surface area contributed by atoms with Gasteiger partial charge in [0, 0.05) is 6.54 Å². The first-order valence-electron chi connectivity index (χ1n) is 8.99. The summed E-state index contributed by atoms with van der Waals surface area (Å²) in [7, 11) is 0. The van der Waals surface area contributed by atoms with Crippen molar-refractivity contribution in [3.05, 3.63) is 35.4 Å². The molecule has 2 atom stereocenters. The van der Waals surface area contributed by atoms with E-state index >= 15 is 0 Å². The molecule has 0 saturated heterocycles. The zero-order chi connectivity index (χ0) is 18.4. The third-order valence-electron chi connectivity index (χ3n) is 4.60. The van der Waals surface area contributed by atoms with Crippen molar-refractivity contribution in [3.63, 3.8) is 0 Å². The maximum atomic E-state index is 13.9. The van der Waals surface area contributed by atoms with Gasteiger partial charge in [-0.1, -0.05) is 33.1 Å². The zero-order valence-corrected chi connectivity index (χ0v) is 15.5. The lowest BCUT2D eigenvalue weighted by atomic mass is 9.98. The Hall–Kier alpha value is -2.18. The second kappa shape index (κ2) is 8.78. The van der Waals surface area contributed by atoms with E-state index in [1.54, 1.807) is 6.20 Å². The van der Waals surface area contributed by atoms with Crippen LogP contribution in [0.15, 0.2) is 12.4 Å². The number of nitrogens with one attached hydrogen (secondary N) is 2. The molecule has 1 amide bonds. The summed E-state index contributed by atoms with van der Waals surface area (Å²) in [5.41, 5.74) is 0.823. The molecule has 2 unspecified atom stereocenters. The average Bonchev–Trinajstić information content (AvgIpc) is 3.19. The molecule has 25 heavy (non-hydrogen) atoms. The van der Waals surface area contributed by atoms with E-state index in [1.165, 1.54) is 4.68 Å². The molecule has 0 fully saturated rings. The van der Waals surface area contributed by atoms with Gasteiger partial charge in [-0.3, -0.25) is 9.48 Å². The number of H-pyrrole nitrogens is 1. The Kier molecular flexibility index (Phi) is 6.73. The molecule has 138 valence electrons. The number of amides is 1. The summed E-state index contributed by atoms with van der Waals surface area (Å²) in [4.78, 5) is 20.0. The minimum Gasteiger partial charge on any atom is -0.344 e. The van der Waals surface area contributed by atoms with Crippen LogP contribution in [-0.4, -0.2) is 25.7 Å². The highest BCUT2D eigenvalue weighted by Gasteiger charge is 2.23. The van der Waals surface area contributed by atoms with Crippen LogP contribution in [0.5, 0.6) is 0 Å². The zero-order valence-electron chi connectivity index (χ0n) is 15.5. The molecule has 0 aliphatic carbocycles. The van der Waals surface area contributed by atoms with E-state index in [4.69, 9.17) is 0 Å². The van der Waals surface area contributed by atoms with Crippen molar-refractivity contribution in [2.45, 2.75) is 66.0 Å². The number of hydrogen-bond donors (Lipinski definition) is 2. The Morgan fingerprint density at radius 1 is 1.36 bits per heavy atom. The highest BCUT2D eigenvalue weighted by atomic mass is 19.1. The number of carbonyl (C=O) groups is 1. The van der Waals surface area contributed by atoms with Gasteiger partial charge in [-0.05, 0) is 26.2 Å². The predicted octanol–water partition coefficient (Wildman–Crippen LogP) is 3.76. The van der Waals surface area contributed by atoms with Gasteiger partial charge in [-0.25, -0.2) is 9.37 Å². The standard InChI is InChI=1S/C18H28FN5O/c1-5-12(3)8-7-9-15(16-11-20-13(4)22-16)23-18(25)17-14(19)10-21-24(17)6-2/h10-12,15H,5-9H2,1-4H3,(H,20,22)(H,23,25). The van der Waals surface area contributed by atoms with Crippen LogP contribution >= 0.6 is 0 Å². The van der Waals surface area contributed by atoms with Gasteiger partial charge < -0.3 is 10.3 Å². The molecule has 6 nitrogen and oxygen atoms in total. The molecule has 7 heteroatoms. The number of nitrogens with zero attached hydrogens (tertiary/aromatic N) is 3. The first-order valence-corrected chi connectivity index (χ1v) is 8.99. The fraction of sp³-hybridized carbons (Fsp3) is 0.611. The second-order valence-corrected chi connectivity index (χ2v) is 6.55.